The lowest BCUT2D eigenvalue weighted by Crippen LogP contribution is -2.43. The molecule has 0 radical (unpaired) electrons. The summed E-state index contributed by atoms with van der Waals surface area (Å²) in [5.41, 5.74) is 0.332. The first-order chi connectivity index (χ1) is 9.00. The van der Waals surface area contributed by atoms with E-state index in [1.807, 2.05) is 0 Å². The van der Waals surface area contributed by atoms with Crippen LogP contribution in [0.1, 0.15) is 52.4 Å². The molecule has 2 fully saturated rings. The van der Waals surface area contributed by atoms with Crippen LogP contribution < -0.4 is 0 Å². The third-order valence-corrected chi connectivity index (χ3v) is 4.92. The molecule has 2 atom stereocenters. The highest BCUT2D eigenvalue weighted by Gasteiger charge is 2.35. The molecule has 0 aromatic carbocycles. The monoisotopic (exact) mass is 267 g/mol. The minimum atomic E-state index is 0.247. The van der Waals surface area contributed by atoms with Crippen LogP contribution in [0.15, 0.2) is 0 Å². The zero-order valence-electron chi connectivity index (χ0n) is 12.5. The van der Waals surface area contributed by atoms with Crippen LogP contribution >= 0.6 is 0 Å². The smallest absolute Gasteiger partial charge is 0.137 e. The molecule has 0 aromatic heterocycles. The fraction of sp³-hybridized carbons (Fsp3) is 0.938. The molecule has 0 aromatic rings. The summed E-state index contributed by atoms with van der Waals surface area (Å²) in [4.78, 5) is 14.6. The second-order valence-electron chi connectivity index (χ2n) is 7.31. The summed E-state index contributed by atoms with van der Waals surface area (Å²) in [6, 6.07) is 0. The molecular formula is C16H29NO2. The van der Waals surface area contributed by atoms with Gasteiger partial charge >= 0.3 is 0 Å². The SMILES string of the molecule is CC1(C)CCC(=O)C(CN2CCCC(CCO)C2)C1. The van der Waals surface area contributed by atoms with Gasteiger partial charge in [0.25, 0.3) is 0 Å². The van der Waals surface area contributed by atoms with Crippen molar-refractivity contribution < 1.29 is 9.90 Å². The van der Waals surface area contributed by atoms with Crippen molar-refractivity contribution in [2.45, 2.75) is 52.4 Å². The number of aliphatic hydroxyl groups is 1. The summed E-state index contributed by atoms with van der Waals surface area (Å²) >= 11 is 0. The Morgan fingerprint density at radius 2 is 2.21 bits per heavy atom. The molecule has 2 aliphatic rings. The zero-order valence-corrected chi connectivity index (χ0v) is 12.5. The lowest BCUT2D eigenvalue weighted by atomic mass is 9.71. The highest BCUT2D eigenvalue weighted by Crippen LogP contribution is 2.37. The Labute approximate surface area is 117 Å². The molecular weight excluding hydrogens is 238 g/mol. The van der Waals surface area contributed by atoms with E-state index >= 15 is 0 Å². The van der Waals surface area contributed by atoms with Gasteiger partial charge in [-0.2, -0.15) is 0 Å². The molecule has 1 saturated heterocycles. The number of carbonyl (C=O) groups is 1. The van der Waals surface area contributed by atoms with Gasteiger partial charge < -0.3 is 10.0 Å². The van der Waals surface area contributed by atoms with E-state index < -0.39 is 0 Å². The molecule has 1 N–H and O–H groups in total. The summed E-state index contributed by atoms with van der Waals surface area (Å²) in [6.07, 6.45) is 6.24. The number of hydrogen-bond donors (Lipinski definition) is 1. The first-order valence-electron chi connectivity index (χ1n) is 7.86. The van der Waals surface area contributed by atoms with Crippen LogP contribution in [-0.4, -0.2) is 42.0 Å². The lowest BCUT2D eigenvalue weighted by molar-refractivity contribution is -0.128. The number of carbonyl (C=O) groups excluding carboxylic acids is 1. The Hall–Kier alpha value is -0.410. The second-order valence-corrected chi connectivity index (χ2v) is 7.31. The summed E-state index contributed by atoms with van der Waals surface area (Å²) in [5, 5.41) is 9.06. The molecule has 0 spiro atoms. The van der Waals surface area contributed by atoms with Gasteiger partial charge in [0, 0.05) is 32.0 Å². The zero-order chi connectivity index (χ0) is 13.9. The van der Waals surface area contributed by atoms with Gasteiger partial charge in [0.1, 0.15) is 5.78 Å². The van der Waals surface area contributed by atoms with E-state index in [-0.39, 0.29) is 5.92 Å². The number of likely N-dealkylation sites (tertiary alicyclic amines) is 1. The molecule has 0 bridgehead atoms. The van der Waals surface area contributed by atoms with Gasteiger partial charge in [0.05, 0.1) is 0 Å². The maximum atomic E-state index is 12.1. The summed E-state index contributed by atoms with van der Waals surface area (Å²) in [6.45, 7) is 8.03. The molecule has 1 aliphatic heterocycles. The molecule has 1 heterocycles. The van der Waals surface area contributed by atoms with Gasteiger partial charge in [-0.15, -0.1) is 0 Å². The first-order valence-corrected chi connectivity index (χ1v) is 7.86. The molecule has 1 saturated carbocycles. The summed E-state index contributed by atoms with van der Waals surface area (Å²) in [7, 11) is 0. The normalized spacial score (nSPS) is 32.5. The largest absolute Gasteiger partial charge is 0.396 e. The Kier molecular flexibility index (Phi) is 5.02. The molecule has 0 amide bonds. The molecule has 3 nitrogen and oxygen atoms in total. The van der Waals surface area contributed by atoms with Gasteiger partial charge in [-0.05, 0) is 50.0 Å². The van der Waals surface area contributed by atoms with E-state index in [1.165, 1.54) is 12.8 Å². The van der Waals surface area contributed by atoms with E-state index in [2.05, 4.69) is 18.7 Å². The van der Waals surface area contributed by atoms with Crippen molar-refractivity contribution in [3.8, 4) is 0 Å². The van der Waals surface area contributed by atoms with Gasteiger partial charge in [0.2, 0.25) is 0 Å². The molecule has 2 rings (SSSR count). The highest BCUT2D eigenvalue weighted by molar-refractivity contribution is 5.82. The van der Waals surface area contributed by atoms with Crippen LogP contribution in [0, 0.1) is 17.3 Å². The Balaban J connectivity index is 1.87. The van der Waals surface area contributed by atoms with E-state index in [9.17, 15) is 4.79 Å². The van der Waals surface area contributed by atoms with E-state index in [0.717, 1.165) is 45.3 Å². The number of ketones is 1. The average molecular weight is 267 g/mol. The van der Waals surface area contributed by atoms with Gasteiger partial charge in [-0.3, -0.25) is 4.79 Å². The lowest BCUT2D eigenvalue weighted by Gasteiger charge is -2.39. The number of nitrogens with zero attached hydrogens (tertiary/aromatic N) is 1. The number of aliphatic hydroxyl groups excluding tert-OH is 1. The molecule has 1 aliphatic carbocycles. The van der Waals surface area contributed by atoms with Crippen molar-refractivity contribution in [2.75, 3.05) is 26.2 Å². The number of rotatable bonds is 4. The third-order valence-electron chi connectivity index (χ3n) is 4.92. The van der Waals surface area contributed by atoms with Gasteiger partial charge in [0.15, 0.2) is 0 Å². The van der Waals surface area contributed by atoms with Crippen molar-refractivity contribution in [1.82, 2.24) is 4.90 Å². The first kappa shape index (κ1) is 15.0. The van der Waals surface area contributed by atoms with Crippen LogP contribution in [0.25, 0.3) is 0 Å². The molecule has 3 heteroatoms. The minimum Gasteiger partial charge on any atom is -0.396 e. The fourth-order valence-electron chi connectivity index (χ4n) is 3.76. The molecule has 110 valence electrons. The van der Waals surface area contributed by atoms with Crippen LogP contribution in [-0.2, 0) is 4.79 Å². The van der Waals surface area contributed by atoms with Crippen molar-refractivity contribution in [3.63, 3.8) is 0 Å². The fourth-order valence-corrected chi connectivity index (χ4v) is 3.76. The van der Waals surface area contributed by atoms with Crippen molar-refractivity contribution >= 4 is 5.78 Å². The maximum Gasteiger partial charge on any atom is 0.137 e. The topological polar surface area (TPSA) is 40.5 Å². The number of Topliss-reactive ketones (excluding diaryl/α,β-unsaturated/α-hetero) is 1. The van der Waals surface area contributed by atoms with Crippen LogP contribution in [0.5, 0.6) is 0 Å². The highest BCUT2D eigenvalue weighted by atomic mass is 16.3. The molecule has 19 heavy (non-hydrogen) atoms. The average Bonchev–Trinajstić information content (AvgIpc) is 2.35. The van der Waals surface area contributed by atoms with Crippen molar-refractivity contribution in [3.05, 3.63) is 0 Å². The molecule has 2 unspecified atom stereocenters. The third kappa shape index (κ3) is 4.28. The van der Waals surface area contributed by atoms with Crippen LogP contribution in [0.2, 0.25) is 0 Å². The predicted octanol–water partition coefficient (Wildman–Crippen LogP) is 2.48. The Bertz CT molecular complexity index is 312. The minimum absolute atomic E-state index is 0.247. The Morgan fingerprint density at radius 1 is 1.42 bits per heavy atom. The summed E-state index contributed by atoms with van der Waals surface area (Å²) in [5.74, 6) is 1.35. The van der Waals surface area contributed by atoms with Crippen LogP contribution in [0.4, 0.5) is 0 Å². The quantitative estimate of drug-likeness (QED) is 0.850. The van der Waals surface area contributed by atoms with Crippen molar-refractivity contribution in [1.29, 1.82) is 0 Å². The number of hydrogen-bond acceptors (Lipinski definition) is 3. The van der Waals surface area contributed by atoms with Crippen molar-refractivity contribution in [2.24, 2.45) is 17.3 Å². The standard InChI is InChI=1S/C16H29NO2/c1-16(2)7-5-15(19)14(10-16)12-17-8-3-4-13(11-17)6-9-18/h13-14,18H,3-12H2,1-2H3. The van der Waals surface area contributed by atoms with Crippen LogP contribution in [0.3, 0.4) is 0 Å². The van der Waals surface area contributed by atoms with E-state index in [1.54, 1.807) is 0 Å². The van der Waals surface area contributed by atoms with E-state index in [4.69, 9.17) is 5.11 Å². The van der Waals surface area contributed by atoms with Gasteiger partial charge in [-0.25, -0.2) is 0 Å². The number of piperidine rings is 1. The summed E-state index contributed by atoms with van der Waals surface area (Å²) < 4.78 is 0. The second kappa shape index (κ2) is 6.36. The Morgan fingerprint density at radius 3 is 2.95 bits per heavy atom. The van der Waals surface area contributed by atoms with E-state index in [0.29, 0.717) is 23.7 Å². The van der Waals surface area contributed by atoms with Gasteiger partial charge in [-0.1, -0.05) is 13.8 Å². The maximum absolute atomic E-state index is 12.1. The predicted molar refractivity (Wildman–Crippen MR) is 77.0 cm³/mol.